The number of benzene rings is 1. The smallest absolute Gasteiger partial charge is 0.229 e. The van der Waals surface area contributed by atoms with Crippen molar-refractivity contribution < 1.29 is 4.79 Å². The van der Waals surface area contributed by atoms with Gasteiger partial charge in [0.1, 0.15) is 5.82 Å². The molecular formula is C24H18N6O. The van der Waals surface area contributed by atoms with E-state index in [-0.39, 0.29) is 12.3 Å². The molecule has 3 aromatic heterocycles. The largest absolute Gasteiger partial charge is 0.310 e. The standard InChI is InChI=1S/C24H18N6O/c1-16-10-18(6-7-27-16)21-4-2-17(11-20(21)13-25)12-24(31)30-23-5-3-19(14-29-23)22-15-26-8-9-28-22/h2-11,14-15H,12H2,1H3,(H,29,30,31). The molecule has 1 amide bonds. The first kappa shape index (κ1) is 19.9. The molecule has 3 heterocycles. The van der Waals surface area contributed by atoms with E-state index in [1.54, 1.807) is 43.1 Å². The first-order valence-corrected chi connectivity index (χ1v) is 9.61. The van der Waals surface area contributed by atoms with E-state index in [0.29, 0.717) is 17.1 Å². The van der Waals surface area contributed by atoms with Gasteiger partial charge in [0.25, 0.3) is 0 Å². The molecule has 0 saturated heterocycles. The van der Waals surface area contributed by atoms with Gasteiger partial charge in [-0.15, -0.1) is 0 Å². The highest BCUT2D eigenvalue weighted by molar-refractivity contribution is 5.91. The lowest BCUT2D eigenvalue weighted by Crippen LogP contribution is -2.15. The Morgan fingerprint density at radius 1 is 0.968 bits per heavy atom. The zero-order valence-corrected chi connectivity index (χ0v) is 16.8. The van der Waals surface area contributed by atoms with Crippen molar-refractivity contribution in [1.82, 2.24) is 19.9 Å². The zero-order chi connectivity index (χ0) is 21.6. The first-order valence-electron chi connectivity index (χ1n) is 9.61. The molecule has 0 saturated carbocycles. The van der Waals surface area contributed by atoms with Crippen LogP contribution in [0.3, 0.4) is 0 Å². The summed E-state index contributed by atoms with van der Waals surface area (Å²) in [6, 6.07) is 15.0. The van der Waals surface area contributed by atoms with E-state index in [0.717, 1.165) is 27.9 Å². The van der Waals surface area contributed by atoms with Gasteiger partial charge in [0.05, 0.1) is 29.9 Å². The van der Waals surface area contributed by atoms with E-state index in [2.05, 4.69) is 31.3 Å². The molecule has 31 heavy (non-hydrogen) atoms. The number of nitriles is 1. The van der Waals surface area contributed by atoms with Gasteiger partial charge in [0.15, 0.2) is 0 Å². The zero-order valence-electron chi connectivity index (χ0n) is 16.8. The van der Waals surface area contributed by atoms with E-state index in [1.165, 1.54) is 0 Å². The fraction of sp³-hybridized carbons (Fsp3) is 0.0833. The average molecular weight is 406 g/mol. The Hall–Kier alpha value is -4.44. The van der Waals surface area contributed by atoms with Crippen LogP contribution in [0, 0.1) is 18.3 Å². The fourth-order valence-electron chi connectivity index (χ4n) is 3.20. The van der Waals surface area contributed by atoms with Crippen molar-refractivity contribution in [2.45, 2.75) is 13.3 Å². The second-order valence-electron chi connectivity index (χ2n) is 6.93. The maximum absolute atomic E-state index is 12.5. The summed E-state index contributed by atoms with van der Waals surface area (Å²) in [6.45, 7) is 1.90. The number of amides is 1. The minimum absolute atomic E-state index is 0.137. The van der Waals surface area contributed by atoms with Gasteiger partial charge in [-0.2, -0.15) is 5.26 Å². The Morgan fingerprint density at radius 3 is 2.58 bits per heavy atom. The summed E-state index contributed by atoms with van der Waals surface area (Å²) in [7, 11) is 0. The third-order valence-electron chi connectivity index (χ3n) is 4.67. The number of nitrogens with one attached hydrogen (secondary N) is 1. The van der Waals surface area contributed by atoms with Crippen LogP contribution in [0.4, 0.5) is 5.82 Å². The summed E-state index contributed by atoms with van der Waals surface area (Å²) in [4.78, 5) is 29.2. The molecule has 0 aliphatic rings. The highest BCUT2D eigenvalue weighted by Crippen LogP contribution is 2.25. The lowest BCUT2D eigenvalue weighted by Gasteiger charge is -2.09. The molecule has 7 heteroatoms. The van der Waals surface area contributed by atoms with Gasteiger partial charge in [-0.3, -0.25) is 19.7 Å². The van der Waals surface area contributed by atoms with Gasteiger partial charge < -0.3 is 5.32 Å². The maximum Gasteiger partial charge on any atom is 0.229 e. The van der Waals surface area contributed by atoms with Gasteiger partial charge in [-0.1, -0.05) is 12.1 Å². The fourth-order valence-corrected chi connectivity index (χ4v) is 3.20. The van der Waals surface area contributed by atoms with E-state index in [1.807, 2.05) is 37.3 Å². The second-order valence-corrected chi connectivity index (χ2v) is 6.93. The molecule has 0 aliphatic heterocycles. The molecule has 0 unspecified atom stereocenters. The average Bonchev–Trinajstić information content (AvgIpc) is 2.80. The lowest BCUT2D eigenvalue weighted by molar-refractivity contribution is -0.115. The molecule has 0 fully saturated rings. The molecule has 0 spiro atoms. The number of aromatic nitrogens is 4. The number of aryl methyl sites for hydroxylation is 1. The van der Waals surface area contributed by atoms with Gasteiger partial charge in [0, 0.05) is 36.0 Å². The number of nitrogens with zero attached hydrogens (tertiary/aromatic N) is 5. The molecule has 4 rings (SSSR count). The summed E-state index contributed by atoms with van der Waals surface area (Å²) < 4.78 is 0. The molecule has 0 aliphatic carbocycles. The van der Waals surface area contributed by atoms with E-state index >= 15 is 0 Å². The van der Waals surface area contributed by atoms with Crippen molar-refractivity contribution in [3.63, 3.8) is 0 Å². The summed E-state index contributed by atoms with van der Waals surface area (Å²) >= 11 is 0. The Kier molecular flexibility index (Phi) is 5.72. The molecule has 0 bridgehead atoms. The van der Waals surface area contributed by atoms with Gasteiger partial charge in [-0.05, 0) is 53.9 Å². The number of anilines is 1. The van der Waals surface area contributed by atoms with Crippen LogP contribution in [0.2, 0.25) is 0 Å². The minimum Gasteiger partial charge on any atom is -0.310 e. The van der Waals surface area contributed by atoms with Gasteiger partial charge in [0.2, 0.25) is 5.91 Å². The van der Waals surface area contributed by atoms with Crippen molar-refractivity contribution in [2.24, 2.45) is 0 Å². The number of carbonyl (C=O) groups excluding carboxylic acids is 1. The lowest BCUT2D eigenvalue weighted by atomic mass is 9.97. The van der Waals surface area contributed by atoms with E-state index in [4.69, 9.17) is 0 Å². The van der Waals surface area contributed by atoms with Crippen molar-refractivity contribution >= 4 is 11.7 Å². The van der Waals surface area contributed by atoms with Crippen LogP contribution in [0.25, 0.3) is 22.4 Å². The Bertz CT molecular complexity index is 1260. The highest BCUT2D eigenvalue weighted by atomic mass is 16.1. The quantitative estimate of drug-likeness (QED) is 0.538. The van der Waals surface area contributed by atoms with Crippen LogP contribution in [0.5, 0.6) is 0 Å². The Labute approximate surface area is 179 Å². The number of pyridine rings is 2. The van der Waals surface area contributed by atoms with Crippen molar-refractivity contribution in [3.8, 4) is 28.5 Å². The Balaban J connectivity index is 1.46. The second kappa shape index (κ2) is 8.93. The third-order valence-corrected chi connectivity index (χ3v) is 4.67. The van der Waals surface area contributed by atoms with Crippen LogP contribution < -0.4 is 5.32 Å². The van der Waals surface area contributed by atoms with Crippen LogP contribution in [0.15, 0.2) is 73.4 Å². The summed E-state index contributed by atoms with van der Waals surface area (Å²) in [6.07, 6.45) is 8.36. The van der Waals surface area contributed by atoms with E-state index in [9.17, 15) is 10.1 Å². The summed E-state index contributed by atoms with van der Waals surface area (Å²) in [5.41, 5.74) is 5.41. The molecule has 1 N–H and O–H groups in total. The summed E-state index contributed by atoms with van der Waals surface area (Å²) in [5, 5.41) is 12.4. The topological polar surface area (TPSA) is 104 Å². The molecule has 1 aromatic carbocycles. The normalized spacial score (nSPS) is 10.3. The number of hydrogen-bond donors (Lipinski definition) is 1. The van der Waals surface area contributed by atoms with Crippen molar-refractivity contribution in [3.05, 3.63) is 90.3 Å². The molecule has 0 atom stereocenters. The minimum atomic E-state index is -0.212. The van der Waals surface area contributed by atoms with Crippen molar-refractivity contribution in [2.75, 3.05) is 5.32 Å². The molecule has 0 radical (unpaired) electrons. The third kappa shape index (κ3) is 4.77. The van der Waals surface area contributed by atoms with Crippen LogP contribution in [-0.4, -0.2) is 25.8 Å². The first-order chi connectivity index (χ1) is 15.1. The predicted octanol–water partition coefficient (Wildman–Crippen LogP) is 3.96. The molecule has 150 valence electrons. The number of carbonyl (C=O) groups is 1. The van der Waals surface area contributed by atoms with Crippen LogP contribution in [-0.2, 0) is 11.2 Å². The van der Waals surface area contributed by atoms with Gasteiger partial charge >= 0.3 is 0 Å². The van der Waals surface area contributed by atoms with Crippen LogP contribution >= 0.6 is 0 Å². The van der Waals surface area contributed by atoms with Crippen molar-refractivity contribution in [1.29, 1.82) is 5.26 Å². The van der Waals surface area contributed by atoms with Crippen LogP contribution in [0.1, 0.15) is 16.8 Å². The molecular weight excluding hydrogens is 388 g/mol. The summed E-state index contributed by atoms with van der Waals surface area (Å²) in [5.74, 6) is 0.234. The SMILES string of the molecule is Cc1cc(-c2ccc(CC(=O)Nc3ccc(-c4cnccn4)cn3)cc2C#N)ccn1. The molecule has 4 aromatic rings. The van der Waals surface area contributed by atoms with Gasteiger partial charge in [-0.25, -0.2) is 4.98 Å². The molecule has 7 nitrogen and oxygen atoms in total. The van der Waals surface area contributed by atoms with E-state index < -0.39 is 0 Å². The number of rotatable bonds is 5. The predicted molar refractivity (Wildman–Crippen MR) is 117 cm³/mol. The Morgan fingerprint density at radius 2 is 1.87 bits per heavy atom. The number of hydrogen-bond acceptors (Lipinski definition) is 6. The monoisotopic (exact) mass is 406 g/mol. The highest BCUT2D eigenvalue weighted by Gasteiger charge is 2.10. The maximum atomic E-state index is 12.5.